The molecule has 2 saturated heterocycles. The van der Waals surface area contributed by atoms with E-state index < -0.39 is 120 Å². The zero-order valence-corrected chi connectivity index (χ0v) is 43.8. The van der Waals surface area contributed by atoms with Gasteiger partial charge in [0.2, 0.25) is 0 Å². The van der Waals surface area contributed by atoms with E-state index >= 15 is 0 Å². The fourth-order valence-electron chi connectivity index (χ4n) is 10.0. The highest BCUT2D eigenvalue weighted by atomic mass is 19.4. The molecule has 8 rings (SSSR count). The molecule has 4 aromatic rings. The number of amides is 6. The van der Waals surface area contributed by atoms with Crippen LogP contribution in [0.3, 0.4) is 0 Å². The lowest BCUT2D eigenvalue weighted by atomic mass is 9.76. The monoisotopic (exact) mass is 1110 g/mol. The Morgan fingerprint density at radius 2 is 0.872 bits per heavy atom. The van der Waals surface area contributed by atoms with Crippen LogP contribution in [0.25, 0.3) is 21.8 Å². The van der Waals surface area contributed by atoms with Gasteiger partial charge in [-0.15, -0.1) is 0 Å². The predicted octanol–water partition coefficient (Wildman–Crippen LogP) is 6.32. The summed E-state index contributed by atoms with van der Waals surface area (Å²) in [5, 5.41) is 0.496. The molecule has 6 amide bonds. The molecule has 0 radical (unpaired) electrons. The molecule has 2 aromatic carbocycles. The minimum absolute atomic E-state index is 0.0835. The lowest BCUT2D eigenvalue weighted by Crippen LogP contribution is -2.71. The summed E-state index contributed by atoms with van der Waals surface area (Å²) >= 11 is 0. The van der Waals surface area contributed by atoms with E-state index in [2.05, 4.69) is 19.9 Å². The molecule has 2 spiro atoms. The van der Waals surface area contributed by atoms with Crippen LogP contribution in [0, 0.1) is 0 Å². The SMILES string of the molecule is COc1cc2nc[nH]c(=O)c2cc1OC1CCC2(CC1)C(=O)N(C(=O)OC(C)(C)C)CCN2C(=O)C(F)(F)F.COc1cc2nc[nH]c(=O)c2cc1OC1CCC2(CC1)C(=O)N(C(=O)OC(C)(C)C)CCN2C(=O)C(F)(F)F. The molecule has 4 fully saturated rings. The summed E-state index contributed by atoms with van der Waals surface area (Å²) in [6, 6.07) is 5.97. The van der Waals surface area contributed by atoms with Crippen molar-refractivity contribution in [3.8, 4) is 23.0 Å². The number of hydrogen-bond donors (Lipinski definition) is 2. The maximum atomic E-state index is 13.6. The molecule has 78 heavy (non-hydrogen) atoms. The Morgan fingerprint density at radius 3 is 1.17 bits per heavy atom. The van der Waals surface area contributed by atoms with E-state index in [-0.39, 0.29) is 73.6 Å². The normalized spacial score (nSPS) is 22.2. The number of rotatable bonds is 6. The van der Waals surface area contributed by atoms with Gasteiger partial charge in [0.25, 0.3) is 22.9 Å². The number of piperazine rings is 2. The Kier molecular flexibility index (Phi) is 16.1. The summed E-state index contributed by atoms with van der Waals surface area (Å²) in [5.74, 6) is -5.08. The van der Waals surface area contributed by atoms with Gasteiger partial charge < -0.3 is 48.2 Å². The second-order valence-electron chi connectivity index (χ2n) is 21.0. The van der Waals surface area contributed by atoms with Crippen molar-refractivity contribution >= 4 is 57.6 Å². The van der Waals surface area contributed by atoms with Gasteiger partial charge in [-0.3, -0.25) is 28.8 Å². The molecule has 0 atom stereocenters. The molecule has 2 aliphatic carbocycles. The quantitative estimate of drug-likeness (QED) is 0.200. The van der Waals surface area contributed by atoms with Crippen LogP contribution >= 0.6 is 0 Å². The van der Waals surface area contributed by atoms with E-state index in [4.69, 9.17) is 28.4 Å². The number of aromatic nitrogens is 4. The van der Waals surface area contributed by atoms with Gasteiger partial charge in [0.1, 0.15) is 22.3 Å². The summed E-state index contributed by atoms with van der Waals surface area (Å²) in [5.41, 5.74) is -5.70. The Balaban J connectivity index is 0.000000226. The maximum absolute atomic E-state index is 13.6. The van der Waals surface area contributed by atoms with Gasteiger partial charge in [-0.05, 0) is 105 Å². The minimum atomic E-state index is -5.20. The topological polar surface area (TPSA) is 262 Å². The predicted molar refractivity (Wildman–Crippen MR) is 260 cm³/mol. The highest BCUT2D eigenvalue weighted by Gasteiger charge is 2.61. The average molecular weight is 1110 g/mol. The summed E-state index contributed by atoms with van der Waals surface area (Å²) in [7, 11) is 2.81. The standard InChI is InChI=1S/2C25H29F3N4O7/c2*1-23(2,3)39-22(36)31-9-10-32(21(35)25(26,27)28)24(20(31)34)7-5-14(6-8-24)38-18-11-15-16(12-17(18)37-4)29-13-30-19(15)33/h2*11-14H,5-10H2,1-4H3,(H,29,30,33). The number of fused-ring (bicyclic) bond motifs is 2. The number of hydrogen-bond acceptors (Lipinski definition) is 16. The van der Waals surface area contributed by atoms with E-state index in [1.165, 1.54) is 51.1 Å². The molecular weight excluding hydrogens is 1050 g/mol. The number of ether oxygens (including phenoxy) is 6. The first-order chi connectivity index (χ1) is 36.3. The summed E-state index contributed by atoms with van der Waals surface area (Å²) in [6.45, 7) is 7.78. The number of carbonyl (C=O) groups is 6. The van der Waals surface area contributed by atoms with Crippen LogP contribution in [-0.4, -0.2) is 163 Å². The molecule has 22 nitrogen and oxygen atoms in total. The molecular formula is C50H58F6N8O14. The third-order valence-corrected chi connectivity index (χ3v) is 13.6. The van der Waals surface area contributed by atoms with Gasteiger partial charge in [-0.1, -0.05) is 0 Å². The molecule has 2 aromatic heterocycles. The first-order valence-corrected chi connectivity index (χ1v) is 24.6. The molecule has 28 heteroatoms. The molecule has 424 valence electrons. The van der Waals surface area contributed by atoms with Crippen LogP contribution in [0.4, 0.5) is 35.9 Å². The largest absolute Gasteiger partial charge is 0.493 e. The van der Waals surface area contributed by atoms with Crippen LogP contribution in [0.2, 0.25) is 0 Å². The van der Waals surface area contributed by atoms with E-state index in [0.717, 1.165) is 9.80 Å². The third-order valence-electron chi connectivity index (χ3n) is 13.6. The summed E-state index contributed by atoms with van der Waals surface area (Å²) in [6.07, 6.45) is -11.4. The highest BCUT2D eigenvalue weighted by molar-refractivity contribution is 6.02. The molecule has 0 bridgehead atoms. The second-order valence-corrected chi connectivity index (χ2v) is 21.0. The smallest absolute Gasteiger partial charge is 0.471 e. The molecule has 2 N–H and O–H groups in total. The first-order valence-electron chi connectivity index (χ1n) is 24.6. The number of methoxy groups -OCH3 is 2. The van der Waals surface area contributed by atoms with Gasteiger partial charge in [-0.2, -0.15) is 26.3 Å². The average Bonchev–Trinajstić information content (AvgIpc) is 3.52. The zero-order chi connectivity index (χ0) is 57.5. The number of halogens is 6. The zero-order valence-electron chi connectivity index (χ0n) is 43.8. The number of aromatic amines is 2. The molecule has 2 aliphatic heterocycles. The number of nitrogens with zero attached hydrogens (tertiary/aromatic N) is 6. The van der Waals surface area contributed by atoms with Crippen molar-refractivity contribution in [1.29, 1.82) is 0 Å². The number of benzene rings is 2. The Labute approximate surface area is 440 Å². The van der Waals surface area contributed by atoms with Gasteiger partial charge in [0.05, 0.1) is 60.9 Å². The molecule has 0 unspecified atom stereocenters. The lowest BCUT2D eigenvalue weighted by Gasteiger charge is -2.51. The van der Waals surface area contributed by atoms with Crippen LogP contribution in [0.5, 0.6) is 23.0 Å². The van der Waals surface area contributed by atoms with Crippen LogP contribution in [0.1, 0.15) is 92.9 Å². The van der Waals surface area contributed by atoms with Crippen LogP contribution in [-0.2, 0) is 28.7 Å². The fraction of sp³-hybridized carbons (Fsp3) is 0.560. The van der Waals surface area contributed by atoms with Gasteiger partial charge in [0.15, 0.2) is 23.0 Å². The van der Waals surface area contributed by atoms with E-state index in [9.17, 15) is 64.7 Å². The Morgan fingerprint density at radius 1 is 0.538 bits per heavy atom. The Hall–Kier alpha value is -7.68. The number of H-pyrrole nitrogens is 2. The van der Waals surface area contributed by atoms with E-state index in [1.807, 2.05) is 0 Å². The maximum Gasteiger partial charge on any atom is 0.471 e. The van der Waals surface area contributed by atoms with Gasteiger partial charge >= 0.3 is 36.4 Å². The minimum Gasteiger partial charge on any atom is -0.493 e. The van der Waals surface area contributed by atoms with Crippen molar-refractivity contribution in [3.63, 3.8) is 0 Å². The van der Waals surface area contributed by atoms with Crippen molar-refractivity contribution in [1.82, 2.24) is 39.5 Å². The van der Waals surface area contributed by atoms with E-state index in [1.54, 1.807) is 41.5 Å². The third kappa shape index (κ3) is 12.0. The van der Waals surface area contributed by atoms with Gasteiger partial charge in [0, 0.05) is 38.3 Å². The molecule has 4 aliphatic rings. The van der Waals surface area contributed by atoms with Crippen molar-refractivity contribution in [3.05, 3.63) is 57.6 Å². The van der Waals surface area contributed by atoms with Crippen molar-refractivity contribution in [2.45, 2.75) is 140 Å². The van der Waals surface area contributed by atoms with E-state index in [0.29, 0.717) is 32.3 Å². The molecule has 4 heterocycles. The lowest BCUT2D eigenvalue weighted by molar-refractivity contribution is -0.199. The second kappa shape index (κ2) is 21.6. The highest BCUT2D eigenvalue weighted by Crippen LogP contribution is 2.44. The Bertz CT molecular complexity index is 2890. The van der Waals surface area contributed by atoms with Crippen LogP contribution < -0.4 is 30.1 Å². The van der Waals surface area contributed by atoms with Crippen molar-refractivity contribution in [2.24, 2.45) is 0 Å². The van der Waals surface area contributed by atoms with Gasteiger partial charge in [-0.25, -0.2) is 29.4 Å². The number of nitrogens with one attached hydrogen (secondary N) is 2. The van der Waals surface area contributed by atoms with Crippen molar-refractivity contribution < 1.29 is 83.5 Å². The number of carbonyl (C=O) groups excluding carboxylic acids is 6. The van der Waals surface area contributed by atoms with Crippen molar-refractivity contribution in [2.75, 3.05) is 40.4 Å². The summed E-state index contributed by atoms with van der Waals surface area (Å²) in [4.78, 5) is 118. The summed E-state index contributed by atoms with van der Waals surface area (Å²) < 4.78 is 114. The number of alkyl halides is 6. The van der Waals surface area contributed by atoms with Crippen LogP contribution in [0.15, 0.2) is 46.5 Å². The first kappa shape index (κ1) is 58.0. The molecule has 2 saturated carbocycles. The number of imide groups is 2. The fourth-order valence-corrected chi connectivity index (χ4v) is 10.0.